The van der Waals surface area contributed by atoms with E-state index < -0.39 is 0 Å². The molecule has 4 heteroatoms. The van der Waals surface area contributed by atoms with Gasteiger partial charge in [0, 0.05) is 11.9 Å². The van der Waals surface area contributed by atoms with Gasteiger partial charge in [0.25, 0.3) is 0 Å². The second-order valence-corrected chi connectivity index (χ2v) is 4.97. The fourth-order valence-electron chi connectivity index (χ4n) is 1.87. The summed E-state index contributed by atoms with van der Waals surface area (Å²) in [5, 5.41) is 2.26. The topological polar surface area (TPSA) is 35.0 Å². The van der Waals surface area contributed by atoms with Gasteiger partial charge < -0.3 is 4.74 Å². The fourth-order valence-corrected chi connectivity index (χ4v) is 2.44. The van der Waals surface area contributed by atoms with Gasteiger partial charge in [0.1, 0.15) is 5.75 Å². The first kappa shape index (κ1) is 12.1. The number of hydrogen-bond donors (Lipinski definition) is 0. The van der Waals surface area contributed by atoms with E-state index >= 15 is 0 Å². The number of fused-ring (bicyclic) bond motifs is 1. The van der Waals surface area contributed by atoms with Crippen molar-refractivity contribution in [3.8, 4) is 11.8 Å². The predicted molar refractivity (Wildman–Crippen MR) is 78.5 cm³/mol. The molecule has 0 N–H and O–H groups in total. The van der Waals surface area contributed by atoms with Crippen molar-refractivity contribution in [1.29, 1.82) is 0 Å². The maximum absolute atomic E-state index is 5.73. The molecule has 0 spiro atoms. The van der Waals surface area contributed by atoms with Crippen LogP contribution in [0.15, 0.2) is 53.1 Å². The highest BCUT2D eigenvalue weighted by Crippen LogP contribution is 2.34. The normalized spacial score (nSPS) is 10.6. The van der Waals surface area contributed by atoms with E-state index in [-0.39, 0.29) is 0 Å². The van der Waals surface area contributed by atoms with Gasteiger partial charge in [-0.2, -0.15) is 0 Å². The largest absolute Gasteiger partial charge is 0.423 e. The summed E-state index contributed by atoms with van der Waals surface area (Å²) in [5.74, 6) is 0.712. The van der Waals surface area contributed by atoms with Gasteiger partial charge in [-0.15, -0.1) is 0 Å². The molecule has 1 heterocycles. The molecule has 0 aliphatic carbocycles. The summed E-state index contributed by atoms with van der Waals surface area (Å²) >= 11 is 3.58. The van der Waals surface area contributed by atoms with Crippen LogP contribution in [0.2, 0.25) is 0 Å². The number of aryl methyl sites for hydroxylation is 1. The monoisotopic (exact) mass is 314 g/mol. The summed E-state index contributed by atoms with van der Waals surface area (Å²) in [5.41, 5.74) is 0.877. The maximum atomic E-state index is 5.73. The van der Waals surface area contributed by atoms with Gasteiger partial charge >= 0.3 is 6.01 Å². The van der Waals surface area contributed by atoms with Crippen LogP contribution in [0, 0.1) is 6.92 Å². The quantitative estimate of drug-likeness (QED) is 0.699. The summed E-state index contributed by atoms with van der Waals surface area (Å²) in [6.45, 7) is 1.91. The van der Waals surface area contributed by atoms with Crippen molar-refractivity contribution in [3.63, 3.8) is 0 Å². The molecule has 0 atom stereocenters. The molecule has 19 heavy (non-hydrogen) atoms. The van der Waals surface area contributed by atoms with Crippen LogP contribution < -0.4 is 4.74 Å². The van der Waals surface area contributed by atoms with E-state index in [2.05, 4.69) is 32.0 Å². The van der Waals surface area contributed by atoms with Gasteiger partial charge in [0.2, 0.25) is 0 Å². The first-order valence-electron chi connectivity index (χ1n) is 5.89. The first-order valence-corrected chi connectivity index (χ1v) is 6.68. The molecule has 3 nitrogen and oxygen atoms in total. The average Bonchev–Trinajstić information content (AvgIpc) is 2.42. The van der Waals surface area contributed by atoms with E-state index in [0.717, 1.165) is 20.9 Å². The number of hydrogen-bond acceptors (Lipinski definition) is 3. The van der Waals surface area contributed by atoms with Gasteiger partial charge in [0.15, 0.2) is 0 Å². The third-order valence-corrected chi connectivity index (χ3v) is 3.62. The Morgan fingerprint density at radius 2 is 1.89 bits per heavy atom. The zero-order valence-corrected chi connectivity index (χ0v) is 11.9. The van der Waals surface area contributed by atoms with Gasteiger partial charge in [-0.05, 0) is 45.8 Å². The number of benzene rings is 2. The predicted octanol–water partition coefficient (Wildman–Crippen LogP) is 4.49. The second-order valence-electron chi connectivity index (χ2n) is 4.18. The Hall–Kier alpha value is -1.94. The number of rotatable bonds is 2. The molecule has 2 aromatic carbocycles. The Bertz CT molecular complexity index is 743. The minimum atomic E-state index is 0.357. The minimum absolute atomic E-state index is 0.357. The molecule has 0 saturated carbocycles. The second kappa shape index (κ2) is 4.97. The van der Waals surface area contributed by atoms with E-state index in [1.54, 1.807) is 6.20 Å². The van der Waals surface area contributed by atoms with Crippen molar-refractivity contribution >= 4 is 26.7 Å². The molecular formula is C15H11BrN2O. The summed E-state index contributed by atoms with van der Waals surface area (Å²) < 4.78 is 6.64. The lowest BCUT2D eigenvalue weighted by molar-refractivity contribution is 0.438. The fraction of sp³-hybridized carbons (Fsp3) is 0.0667. The molecule has 0 bridgehead atoms. The number of aromatic nitrogens is 2. The van der Waals surface area contributed by atoms with Gasteiger partial charge in [-0.25, -0.2) is 9.97 Å². The van der Waals surface area contributed by atoms with Crippen molar-refractivity contribution in [3.05, 3.63) is 58.8 Å². The smallest absolute Gasteiger partial charge is 0.322 e. The molecule has 0 saturated heterocycles. The standard InChI is InChI=1S/C15H11BrN2O/c1-10-8-9-17-15(18-10)19-13-7-6-11-4-2-3-5-12(11)14(13)16/h2-9H,1H3. The van der Waals surface area contributed by atoms with Crippen molar-refractivity contribution in [2.75, 3.05) is 0 Å². The van der Waals surface area contributed by atoms with Crippen LogP contribution in [-0.4, -0.2) is 9.97 Å². The van der Waals surface area contributed by atoms with Gasteiger partial charge in [-0.3, -0.25) is 0 Å². The van der Waals surface area contributed by atoms with E-state index in [1.165, 1.54) is 0 Å². The van der Waals surface area contributed by atoms with Crippen molar-refractivity contribution in [1.82, 2.24) is 9.97 Å². The number of nitrogens with zero attached hydrogens (tertiary/aromatic N) is 2. The van der Waals surface area contributed by atoms with E-state index in [0.29, 0.717) is 11.8 Å². The third-order valence-electron chi connectivity index (χ3n) is 2.80. The molecule has 94 valence electrons. The molecule has 0 amide bonds. The Balaban J connectivity index is 2.04. The average molecular weight is 315 g/mol. The summed E-state index contributed by atoms with van der Waals surface area (Å²) in [7, 11) is 0. The Morgan fingerprint density at radius 3 is 2.74 bits per heavy atom. The Kier molecular flexibility index (Phi) is 3.17. The summed E-state index contributed by atoms with van der Waals surface area (Å²) in [6.07, 6.45) is 1.69. The lowest BCUT2D eigenvalue weighted by Crippen LogP contribution is -1.93. The van der Waals surface area contributed by atoms with Crippen LogP contribution in [0.25, 0.3) is 10.8 Å². The Morgan fingerprint density at radius 1 is 1.05 bits per heavy atom. The highest BCUT2D eigenvalue weighted by atomic mass is 79.9. The summed E-state index contributed by atoms with van der Waals surface area (Å²) in [6, 6.07) is 14.2. The van der Waals surface area contributed by atoms with Crippen molar-refractivity contribution < 1.29 is 4.74 Å². The summed E-state index contributed by atoms with van der Waals surface area (Å²) in [4.78, 5) is 8.34. The van der Waals surface area contributed by atoms with Crippen LogP contribution >= 0.6 is 15.9 Å². The van der Waals surface area contributed by atoms with Crippen molar-refractivity contribution in [2.24, 2.45) is 0 Å². The highest BCUT2D eigenvalue weighted by Gasteiger charge is 2.08. The van der Waals surface area contributed by atoms with Crippen LogP contribution in [0.5, 0.6) is 11.8 Å². The zero-order valence-electron chi connectivity index (χ0n) is 10.3. The lowest BCUT2D eigenvalue weighted by atomic mass is 10.1. The van der Waals surface area contributed by atoms with Gasteiger partial charge in [0.05, 0.1) is 4.47 Å². The van der Waals surface area contributed by atoms with Crippen LogP contribution in [0.1, 0.15) is 5.69 Å². The molecule has 3 rings (SSSR count). The SMILES string of the molecule is Cc1ccnc(Oc2ccc3ccccc3c2Br)n1. The zero-order chi connectivity index (χ0) is 13.2. The van der Waals surface area contributed by atoms with E-state index in [4.69, 9.17) is 4.74 Å². The molecule has 0 aliphatic rings. The van der Waals surface area contributed by atoms with Crippen LogP contribution in [0.3, 0.4) is 0 Å². The van der Waals surface area contributed by atoms with Gasteiger partial charge in [-0.1, -0.05) is 30.3 Å². The number of halogens is 1. The molecule has 0 unspecified atom stereocenters. The molecule has 0 radical (unpaired) electrons. The van der Waals surface area contributed by atoms with E-state index in [1.807, 2.05) is 43.3 Å². The minimum Gasteiger partial charge on any atom is -0.423 e. The highest BCUT2D eigenvalue weighted by molar-refractivity contribution is 9.10. The van der Waals surface area contributed by atoms with Crippen LogP contribution in [0.4, 0.5) is 0 Å². The lowest BCUT2D eigenvalue weighted by Gasteiger charge is -2.08. The molecule has 0 fully saturated rings. The first-order chi connectivity index (χ1) is 9.24. The maximum Gasteiger partial charge on any atom is 0.322 e. The molecule has 3 aromatic rings. The van der Waals surface area contributed by atoms with Crippen molar-refractivity contribution in [2.45, 2.75) is 6.92 Å². The molecule has 1 aromatic heterocycles. The molecule has 0 aliphatic heterocycles. The molecular weight excluding hydrogens is 304 g/mol. The number of ether oxygens (including phenoxy) is 1. The third kappa shape index (κ3) is 2.44. The Labute approximate surface area is 119 Å². The van der Waals surface area contributed by atoms with E-state index in [9.17, 15) is 0 Å². The van der Waals surface area contributed by atoms with Crippen LogP contribution in [-0.2, 0) is 0 Å².